The summed E-state index contributed by atoms with van der Waals surface area (Å²) in [6, 6.07) is 0.492. The number of hydrogen-bond acceptors (Lipinski definition) is 3. The van der Waals surface area contributed by atoms with Crippen LogP contribution in [0.15, 0.2) is 0 Å². The van der Waals surface area contributed by atoms with E-state index in [2.05, 4.69) is 26.2 Å². The monoisotopic (exact) mass is 204 g/mol. The lowest BCUT2D eigenvalue weighted by molar-refractivity contribution is 0.364. The van der Waals surface area contributed by atoms with Gasteiger partial charge in [0.25, 0.3) is 0 Å². The normalized spacial score (nSPS) is 13.6. The minimum absolute atomic E-state index is 0.492. The van der Waals surface area contributed by atoms with Gasteiger partial charge in [-0.3, -0.25) is 11.3 Å². The third-order valence-electron chi connectivity index (χ3n) is 2.48. The molecule has 0 saturated carbocycles. The first-order valence-electron chi connectivity index (χ1n) is 5.33. The Bertz CT molecular complexity index is 105. The van der Waals surface area contributed by atoms with Crippen LogP contribution in [-0.4, -0.2) is 17.5 Å². The molecule has 0 amide bonds. The fourth-order valence-electron chi connectivity index (χ4n) is 1.53. The highest BCUT2D eigenvalue weighted by Crippen LogP contribution is 2.17. The zero-order valence-electron chi connectivity index (χ0n) is 9.18. The fraction of sp³-hybridized carbons (Fsp3) is 1.00. The number of nitrogens with two attached hydrogens (primary N) is 1. The van der Waals surface area contributed by atoms with E-state index in [-0.39, 0.29) is 0 Å². The third-order valence-corrected chi connectivity index (χ3v) is 3.77. The summed E-state index contributed by atoms with van der Waals surface area (Å²) in [5, 5.41) is 0. The number of rotatable bonds is 8. The van der Waals surface area contributed by atoms with Crippen molar-refractivity contribution in [2.75, 3.05) is 11.5 Å². The van der Waals surface area contributed by atoms with Crippen LogP contribution in [0.25, 0.3) is 0 Å². The van der Waals surface area contributed by atoms with Crippen molar-refractivity contribution in [3.8, 4) is 0 Å². The molecule has 0 aliphatic carbocycles. The van der Waals surface area contributed by atoms with Crippen LogP contribution in [0.5, 0.6) is 0 Å². The quantitative estimate of drug-likeness (QED) is 0.362. The van der Waals surface area contributed by atoms with Gasteiger partial charge in [-0.1, -0.05) is 33.6 Å². The number of thioether (sulfide) groups is 1. The molecule has 0 heterocycles. The van der Waals surface area contributed by atoms with Gasteiger partial charge in [0.15, 0.2) is 0 Å². The molecule has 1 atom stereocenters. The van der Waals surface area contributed by atoms with Crippen molar-refractivity contribution < 1.29 is 0 Å². The molecule has 0 aromatic heterocycles. The minimum atomic E-state index is 0.492. The first-order chi connectivity index (χ1) is 6.29. The lowest BCUT2D eigenvalue weighted by Crippen LogP contribution is -2.42. The van der Waals surface area contributed by atoms with E-state index in [1.54, 1.807) is 0 Å². The minimum Gasteiger partial charge on any atom is -0.271 e. The van der Waals surface area contributed by atoms with Crippen LogP contribution in [0.3, 0.4) is 0 Å². The van der Waals surface area contributed by atoms with E-state index in [9.17, 15) is 0 Å². The SMILES string of the molecule is CCCSCC(NN)C(CC)CC. The summed E-state index contributed by atoms with van der Waals surface area (Å²) in [6.45, 7) is 6.70. The molecule has 0 rings (SSSR count). The first kappa shape index (κ1) is 13.3. The van der Waals surface area contributed by atoms with Gasteiger partial charge >= 0.3 is 0 Å². The molecule has 13 heavy (non-hydrogen) atoms. The molecule has 0 radical (unpaired) electrons. The second-order valence-electron chi connectivity index (χ2n) is 3.42. The second kappa shape index (κ2) is 8.85. The van der Waals surface area contributed by atoms with Crippen LogP contribution in [0.4, 0.5) is 0 Å². The molecule has 0 aromatic carbocycles. The predicted octanol–water partition coefficient (Wildman–Crippen LogP) is 2.40. The summed E-state index contributed by atoms with van der Waals surface area (Å²) >= 11 is 2.00. The molecule has 0 aromatic rings. The van der Waals surface area contributed by atoms with Gasteiger partial charge in [-0.25, -0.2) is 0 Å². The van der Waals surface area contributed by atoms with Crippen LogP contribution >= 0.6 is 11.8 Å². The van der Waals surface area contributed by atoms with Gasteiger partial charge in [0.05, 0.1) is 0 Å². The van der Waals surface area contributed by atoms with Gasteiger partial charge in [-0.15, -0.1) is 0 Å². The Balaban J connectivity index is 3.71. The zero-order chi connectivity index (χ0) is 10.1. The maximum atomic E-state index is 5.54. The molecule has 80 valence electrons. The Morgan fingerprint density at radius 3 is 2.23 bits per heavy atom. The molecule has 3 N–H and O–H groups in total. The van der Waals surface area contributed by atoms with Gasteiger partial charge in [-0.2, -0.15) is 11.8 Å². The van der Waals surface area contributed by atoms with Crippen LogP contribution < -0.4 is 11.3 Å². The molecular weight excluding hydrogens is 180 g/mol. The molecule has 0 bridgehead atoms. The molecule has 0 fully saturated rings. The standard InChI is InChI=1S/C10H24N2S/c1-4-7-13-8-10(12-11)9(5-2)6-3/h9-10,12H,4-8,11H2,1-3H3. The Labute approximate surface area is 87.0 Å². The summed E-state index contributed by atoms with van der Waals surface area (Å²) in [5.74, 6) is 8.67. The summed E-state index contributed by atoms with van der Waals surface area (Å²) in [5.41, 5.74) is 2.94. The van der Waals surface area contributed by atoms with E-state index in [0.717, 1.165) is 11.7 Å². The van der Waals surface area contributed by atoms with E-state index in [1.165, 1.54) is 25.0 Å². The first-order valence-corrected chi connectivity index (χ1v) is 6.49. The molecule has 0 aliphatic rings. The highest BCUT2D eigenvalue weighted by molar-refractivity contribution is 7.99. The van der Waals surface area contributed by atoms with E-state index >= 15 is 0 Å². The average Bonchev–Trinajstić information content (AvgIpc) is 2.17. The second-order valence-corrected chi connectivity index (χ2v) is 4.57. The predicted molar refractivity (Wildman–Crippen MR) is 62.8 cm³/mol. The third kappa shape index (κ3) is 5.55. The van der Waals surface area contributed by atoms with Gasteiger partial charge in [0, 0.05) is 11.8 Å². The molecule has 0 spiro atoms. The Morgan fingerprint density at radius 1 is 1.23 bits per heavy atom. The highest BCUT2D eigenvalue weighted by atomic mass is 32.2. The lowest BCUT2D eigenvalue weighted by atomic mass is 9.96. The van der Waals surface area contributed by atoms with E-state index in [4.69, 9.17) is 5.84 Å². The summed E-state index contributed by atoms with van der Waals surface area (Å²) < 4.78 is 0. The summed E-state index contributed by atoms with van der Waals surface area (Å²) in [6.07, 6.45) is 3.70. The van der Waals surface area contributed by atoms with Gasteiger partial charge in [0.1, 0.15) is 0 Å². The Morgan fingerprint density at radius 2 is 1.85 bits per heavy atom. The van der Waals surface area contributed by atoms with Crippen molar-refractivity contribution in [2.45, 2.75) is 46.1 Å². The number of nitrogens with one attached hydrogen (secondary N) is 1. The van der Waals surface area contributed by atoms with Gasteiger partial charge < -0.3 is 0 Å². The lowest BCUT2D eigenvalue weighted by Gasteiger charge is -2.24. The van der Waals surface area contributed by atoms with Crippen molar-refractivity contribution in [1.29, 1.82) is 0 Å². The van der Waals surface area contributed by atoms with Crippen molar-refractivity contribution in [1.82, 2.24) is 5.43 Å². The molecule has 0 aliphatic heterocycles. The molecule has 1 unspecified atom stereocenters. The van der Waals surface area contributed by atoms with Crippen LogP contribution in [0.1, 0.15) is 40.0 Å². The Kier molecular flexibility index (Phi) is 9.03. The van der Waals surface area contributed by atoms with Gasteiger partial charge in [0.2, 0.25) is 0 Å². The molecule has 2 nitrogen and oxygen atoms in total. The fourth-order valence-corrected chi connectivity index (χ4v) is 2.61. The molecular formula is C10H24N2S. The van der Waals surface area contributed by atoms with Gasteiger partial charge in [-0.05, 0) is 18.1 Å². The number of hydrogen-bond donors (Lipinski definition) is 2. The van der Waals surface area contributed by atoms with Crippen molar-refractivity contribution in [3.05, 3.63) is 0 Å². The van der Waals surface area contributed by atoms with E-state index in [0.29, 0.717) is 6.04 Å². The zero-order valence-corrected chi connectivity index (χ0v) is 9.99. The van der Waals surface area contributed by atoms with E-state index in [1.807, 2.05) is 11.8 Å². The van der Waals surface area contributed by atoms with Crippen LogP contribution in [-0.2, 0) is 0 Å². The molecule has 0 saturated heterocycles. The number of hydrazine groups is 1. The average molecular weight is 204 g/mol. The van der Waals surface area contributed by atoms with Crippen molar-refractivity contribution >= 4 is 11.8 Å². The summed E-state index contributed by atoms with van der Waals surface area (Å²) in [7, 11) is 0. The van der Waals surface area contributed by atoms with E-state index < -0.39 is 0 Å². The van der Waals surface area contributed by atoms with Crippen LogP contribution in [0, 0.1) is 5.92 Å². The maximum absolute atomic E-state index is 5.54. The maximum Gasteiger partial charge on any atom is 0.0329 e. The van der Waals surface area contributed by atoms with Crippen LogP contribution in [0.2, 0.25) is 0 Å². The largest absolute Gasteiger partial charge is 0.271 e. The van der Waals surface area contributed by atoms with Crippen molar-refractivity contribution in [3.63, 3.8) is 0 Å². The highest BCUT2D eigenvalue weighted by Gasteiger charge is 2.16. The smallest absolute Gasteiger partial charge is 0.0329 e. The topological polar surface area (TPSA) is 38.0 Å². The van der Waals surface area contributed by atoms with Crippen molar-refractivity contribution in [2.24, 2.45) is 11.8 Å². The summed E-state index contributed by atoms with van der Waals surface area (Å²) in [4.78, 5) is 0. The molecule has 3 heteroatoms. The Hall–Kier alpha value is 0.270.